The van der Waals surface area contributed by atoms with Gasteiger partial charge in [0.25, 0.3) is 0 Å². The third-order valence-corrected chi connectivity index (χ3v) is 2.30. The first-order valence-corrected chi connectivity index (χ1v) is 4.84. The molecule has 0 aromatic rings. The smallest absolute Gasteiger partial charge is 0.306 e. The molecule has 0 bridgehead atoms. The van der Waals surface area contributed by atoms with Gasteiger partial charge in [-0.1, -0.05) is 6.92 Å². The number of cyclic esters (lactones) is 1. The maximum Gasteiger partial charge on any atom is 0.306 e. The highest BCUT2D eigenvalue weighted by Crippen LogP contribution is 2.30. The van der Waals surface area contributed by atoms with E-state index in [1.54, 1.807) is 0 Å². The van der Waals surface area contributed by atoms with Gasteiger partial charge in [-0.2, -0.15) is 0 Å². The first kappa shape index (κ1) is 10.1. The number of rotatable bonds is 2. The predicted octanol–water partition coefficient (Wildman–Crippen LogP) is 2.28. The average molecular weight is 180 g/mol. The van der Waals surface area contributed by atoms with E-state index in [4.69, 9.17) is 4.74 Å². The van der Waals surface area contributed by atoms with Crippen LogP contribution in [0.4, 0.5) is 0 Å². The summed E-state index contributed by atoms with van der Waals surface area (Å²) < 4.78 is 5.22. The van der Waals surface area contributed by atoms with E-state index in [2.05, 4.69) is 11.8 Å². The molecule has 1 aliphatic heterocycles. The van der Waals surface area contributed by atoms with E-state index in [9.17, 15) is 4.79 Å². The predicted molar refractivity (Wildman–Crippen MR) is 51.0 cm³/mol. The van der Waals surface area contributed by atoms with Gasteiger partial charge in [0.15, 0.2) is 0 Å². The van der Waals surface area contributed by atoms with Crippen LogP contribution in [0.25, 0.3) is 0 Å². The number of hydrogen-bond acceptors (Lipinski definition) is 2. The molecule has 0 amide bonds. The summed E-state index contributed by atoms with van der Waals surface area (Å²) in [5.41, 5.74) is -0.237. The molecule has 0 radical (unpaired) electrons. The van der Waals surface area contributed by atoms with Crippen molar-refractivity contribution in [2.24, 2.45) is 0 Å². The Morgan fingerprint density at radius 2 is 2.31 bits per heavy atom. The number of hydrogen-bond donors (Lipinski definition) is 0. The number of carbonyl (C=O) groups excluding carboxylic acids is 1. The van der Waals surface area contributed by atoms with Crippen LogP contribution in [0.5, 0.6) is 0 Å². The first-order chi connectivity index (χ1) is 6.16. The van der Waals surface area contributed by atoms with Gasteiger partial charge < -0.3 is 4.74 Å². The molecular formula is C11H16O2. The zero-order chi connectivity index (χ0) is 9.73. The fourth-order valence-corrected chi connectivity index (χ4v) is 1.46. The monoisotopic (exact) mass is 180 g/mol. The van der Waals surface area contributed by atoms with Gasteiger partial charge in [-0.3, -0.25) is 4.79 Å². The van der Waals surface area contributed by atoms with Crippen LogP contribution in [-0.2, 0) is 9.53 Å². The second-order valence-corrected chi connectivity index (χ2v) is 3.63. The Hall–Kier alpha value is -0.970. The molecule has 1 rings (SSSR count). The van der Waals surface area contributed by atoms with Crippen molar-refractivity contribution in [3.8, 4) is 11.8 Å². The molecule has 1 heterocycles. The van der Waals surface area contributed by atoms with Crippen LogP contribution < -0.4 is 0 Å². The van der Waals surface area contributed by atoms with Crippen molar-refractivity contribution in [3.05, 3.63) is 0 Å². The summed E-state index contributed by atoms with van der Waals surface area (Å²) in [4.78, 5) is 10.9. The Balaban J connectivity index is 2.31. The standard InChI is InChI=1S/C11H16O2/c1-3-4-5-6-8-11(2)9-7-10(12)13-11/h3,6-9H2,1-2H3. The fraction of sp³-hybridized carbons (Fsp3) is 0.727. The van der Waals surface area contributed by atoms with E-state index in [-0.39, 0.29) is 11.6 Å². The molecule has 2 nitrogen and oxygen atoms in total. The topological polar surface area (TPSA) is 26.3 Å². The highest BCUT2D eigenvalue weighted by atomic mass is 16.6. The minimum absolute atomic E-state index is 0.0639. The van der Waals surface area contributed by atoms with Crippen molar-refractivity contribution in [2.45, 2.75) is 51.6 Å². The largest absolute Gasteiger partial charge is 0.459 e. The molecule has 13 heavy (non-hydrogen) atoms. The van der Waals surface area contributed by atoms with Crippen LogP contribution in [0.1, 0.15) is 46.0 Å². The van der Waals surface area contributed by atoms with E-state index >= 15 is 0 Å². The lowest BCUT2D eigenvalue weighted by Gasteiger charge is -2.20. The molecule has 0 aromatic carbocycles. The third kappa shape index (κ3) is 3.10. The maximum absolute atomic E-state index is 10.9. The van der Waals surface area contributed by atoms with E-state index in [0.29, 0.717) is 6.42 Å². The quantitative estimate of drug-likeness (QED) is 0.481. The van der Waals surface area contributed by atoms with E-state index in [1.807, 2.05) is 13.8 Å². The lowest BCUT2D eigenvalue weighted by atomic mass is 9.97. The van der Waals surface area contributed by atoms with Crippen LogP contribution in [0, 0.1) is 11.8 Å². The summed E-state index contributed by atoms with van der Waals surface area (Å²) in [7, 11) is 0. The van der Waals surface area contributed by atoms with Crippen molar-refractivity contribution >= 4 is 5.97 Å². The lowest BCUT2D eigenvalue weighted by Crippen LogP contribution is -2.23. The molecule has 1 aliphatic rings. The minimum atomic E-state index is -0.237. The van der Waals surface area contributed by atoms with Crippen LogP contribution in [0.3, 0.4) is 0 Å². The van der Waals surface area contributed by atoms with Crippen LogP contribution >= 0.6 is 0 Å². The summed E-state index contributed by atoms with van der Waals surface area (Å²) in [6, 6.07) is 0. The zero-order valence-electron chi connectivity index (χ0n) is 8.35. The van der Waals surface area contributed by atoms with Crippen LogP contribution in [0.2, 0.25) is 0 Å². The Labute approximate surface area is 79.7 Å². The van der Waals surface area contributed by atoms with Gasteiger partial charge in [0, 0.05) is 19.3 Å². The SMILES string of the molecule is CCC#CCCC1(C)CCC(=O)O1. The third-order valence-electron chi connectivity index (χ3n) is 2.30. The Morgan fingerprint density at radius 3 is 2.85 bits per heavy atom. The van der Waals surface area contributed by atoms with Gasteiger partial charge >= 0.3 is 5.97 Å². The zero-order valence-corrected chi connectivity index (χ0v) is 8.35. The van der Waals surface area contributed by atoms with E-state index in [1.165, 1.54) is 0 Å². The molecule has 0 aliphatic carbocycles. The van der Waals surface area contributed by atoms with Gasteiger partial charge in [-0.15, -0.1) is 11.8 Å². The van der Waals surface area contributed by atoms with Crippen molar-refractivity contribution in [1.82, 2.24) is 0 Å². The number of carbonyl (C=O) groups is 1. The molecular weight excluding hydrogens is 164 g/mol. The van der Waals surface area contributed by atoms with Crippen molar-refractivity contribution in [2.75, 3.05) is 0 Å². The van der Waals surface area contributed by atoms with Crippen LogP contribution in [0.15, 0.2) is 0 Å². The van der Waals surface area contributed by atoms with Gasteiger partial charge in [0.1, 0.15) is 5.60 Å². The van der Waals surface area contributed by atoms with E-state index < -0.39 is 0 Å². The number of ether oxygens (including phenoxy) is 1. The average Bonchev–Trinajstić information content (AvgIpc) is 2.41. The second-order valence-electron chi connectivity index (χ2n) is 3.63. The Morgan fingerprint density at radius 1 is 1.54 bits per heavy atom. The van der Waals surface area contributed by atoms with E-state index in [0.717, 1.165) is 25.7 Å². The first-order valence-electron chi connectivity index (χ1n) is 4.84. The maximum atomic E-state index is 10.9. The molecule has 2 heteroatoms. The van der Waals surface area contributed by atoms with Crippen molar-refractivity contribution in [3.63, 3.8) is 0 Å². The van der Waals surface area contributed by atoms with Gasteiger partial charge in [-0.05, 0) is 19.8 Å². The summed E-state index contributed by atoms with van der Waals surface area (Å²) in [6.45, 7) is 4.02. The molecule has 1 fully saturated rings. The van der Waals surface area contributed by atoms with Gasteiger partial charge in [-0.25, -0.2) is 0 Å². The fourth-order valence-electron chi connectivity index (χ4n) is 1.46. The molecule has 0 spiro atoms. The lowest BCUT2D eigenvalue weighted by molar-refractivity contribution is -0.147. The summed E-state index contributed by atoms with van der Waals surface area (Å²) >= 11 is 0. The number of esters is 1. The highest BCUT2D eigenvalue weighted by molar-refractivity contribution is 5.72. The van der Waals surface area contributed by atoms with Crippen molar-refractivity contribution in [1.29, 1.82) is 0 Å². The van der Waals surface area contributed by atoms with Crippen LogP contribution in [-0.4, -0.2) is 11.6 Å². The molecule has 1 unspecified atom stereocenters. The summed E-state index contributed by atoms with van der Waals surface area (Å²) in [6.07, 6.45) is 4.01. The molecule has 0 N–H and O–H groups in total. The normalized spacial score (nSPS) is 26.5. The Bertz CT molecular complexity index is 247. The Kier molecular flexibility index (Phi) is 3.36. The van der Waals surface area contributed by atoms with Gasteiger partial charge in [0.05, 0.1) is 0 Å². The highest BCUT2D eigenvalue weighted by Gasteiger charge is 2.34. The molecule has 0 saturated carbocycles. The second kappa shape index (κ2) is 4.32. The molecule has 72 valence electrons. The van der Waals surface area contributed by atoms with Crippen molar-refractivity contribution < 1.29 is 9.53 Å². The molecule has 1 saturated heterocycles. The summed E-state index contributed by atoms with van der Waals surface area (Å²) in [5.74, 6) is 6.01. The van der Waals surface area contributed by atoms with Gasteiger partial charge in [0.2, 0.25) is 0 Å². The summed E-state index contributed by atoms with van der Waals surface area (Å²) in [5, 5.41) is 0. The minimum Gasteiger partial charge on any atom is -0.459 e. The molecule has 0 aromatic heterocycles. The molecule has 1 atom stereocenters.